The van der Waals surface area contributed by atoms with Crippen molar-refractivity contribution < 1.29 is 27.7 Å². The van der Waals surface area contributed by atoms with Crippen LogP contribution in [-0.2, 0) is 0 Å². The van der Waals surface area contributed by atoms with E-state index in [9.17, 15) is 0 Å². The van der Waals surface area contributed by atoms with Gasteiger partial charge >= 0.3 is 7.12 Å². The molecule has 12 rings (SSSR count). The first-order valence-electron chi connectivity index (χ1n) is 18.3. The van der Waals surface area contributed by atoms with Gasteiger partial charge in [-0.25, -0.2) is 0 Å². The van der Waals surface area contributed by atoms with E-state index in [0.29, 0.717) is 5.46 Å². The minimum Gasteiger partial charge on any atom is -0.456 e. The second kappa shape index (κ2) is 15.0. The van der Waals surface area contributed by atoms with Crippen molar-refractivity contribution in [2.75, 3.05) is 0 Å². The zero-order valence-corrected chi connectivity index (χ0v) is 35.0. The summed E-state index contributed by atoms with van der Waals surface area (Å²) in [5.41, 5.74) is 9.84. The summed E-state index contributed by atoms with van der Waals surface area (Å²) in [6, 6.07) is 52.0. The Hall–Kier alpha value is -5.62. The maximum Gasteiger partial charge on any atom is 0.488 e. The van der Waals surface area contributed by atoms with Crippen molar-refractivity contribution in [2.24, 2.45) is 0 Å². The van der Waals surface area contributed by atoms with Gasteiger partial charge in [-0.3, -0.25) is 0 Å². The zero-order valence-electron chi connectivity index (χ0n) is 30.2. The molecule has 0 spiro atoms. The van der Waals surface area contributed by atoms with E-state index in [4.69, 9.17) is 27.7 Å². The molecule has 0 saturated heterocycles. The first kappa shape index (κ1) is 36.7. The van der Waals surface area contributed by atoms with E-state index in [-0.39, 0.29) is 0 Å². The SMILES string of the molecule is Brc1ccc2oc3cc4oc5ccc(-c6ccccc6)cc5c4cc3c2c1.Brc1ccc2oc3cc4oc5ccc(Br)cc5c4cc3c2c1.OB(O)c1ccccc1. The Balaban J connectivity index is 0.000000118. The molecule has 0 unspecified atom stereocenters. The van der Waals surface area contributed by atoms with Crippen molar-refractivity contribution >= 4 is 148 Å². The van der Waals surface area contributed by atoms with E-state index in [0.717, 1.165) is 101 Å². The Morgan fingerprint density at radius 1 is 0.310 bits per heavy atom. The molecule has 0 atom stereocenters. The minimum absolute atomic E-state index is 0.525. The van der Waals surface area contributed by atoms with Crippen LogP contribution in [-0.4, -0.2) is 17.2 Å². The molecular weight excluding hydrogens is 923 g/mol. The Kier molecular flexibility index (Phi) is 9.47. The van der Waals surface area contributed by atoms with E-state index >= 15 is 0 Å². The molecule has 4 heterocycles. The second-order valence-corrected chi connectivity index (χ2v) is 16.6. The molecule has 6 nitrogen and oxygen atoms in total. The molecular formula is C48H28BBr3O6. The highest BCUT2D eigenvalue weighted by atomic mass is 79.9. The lowest BCUT2D eigenvalue weighted by atomic mass is 9.81. The maximum absolute atomic E-state index is 8.58. The van der Waals surface area contributed by atoms with E-state index in [2.05, 4.69) is 115 Å². The topological polar surface area (TPSA) is 93.0 Å². The standard InChI is InChI=1S/C24H13BrO2.C18H8Br2O2.C6H7BO2/c25-16-7-9-22-18(11-16)20-12-19-17-10-15(14-4-2-1-3-5-14)6-8-21(17)26-23(19)13-24(20)27-22;19-9-1-3-15-11(5-9)13-7-14-12-6-10(20)2-4-16(12)22-18(14)8-17(13)21-15;8-7(9)6-4-2-1-3-5-6/h1-13H;1-8H;1-5,8-9H. The average Bonchev–Trinajstić information content (AvgIpc) is 3.99. The molecule has 10 heteroatoms. The first-order valence-corrected chi connectivity index (χ1v) is 20.7. The summed E-state index contributed by atoms with van der Waals surface area (Å²) in [5, 5.41) is 26.0. The van der Waals surface area contributed by atoms with Crippen LogP contribution in [0.15, 0.2) is 189 Å². The Morgan fingerprint density at radius 3 is 1.03 bits per heavy atom. The van der Waals surface area contributed by atoms with Gasteiger partial charge in [0, 0.05) is 68.6 Å². The van der Waals surface area contributed by atoms with E-state index in [1.807, 2.05) is 66.7 Å². The van der Waals surface area contributed by atoms with Crippen LogP contribution in [0.4, 0.5) is 0 Å². The molecule has 58 heavy (non-hydrogen) atoms. The highest BCUT2D eigenvalue weighted by molar-refractivity contribution is 9.11. The molecule has 0 bridgehead atoms. The number of hydrogen-bond acceptors (Lipinski definition) is 6. The van der Waals surface area contributed by atoms with E-state index < -0.39 is 7.12 Å². The number of fused-ring (bicyclic) bond motifs is 12. The predicted molar refractivity (Wildman–Crippen MR) is 247 cm³/mol. The van der Waals surface area contributed by atoms with Crippen LogP contribution in [0.2, 0.25) is 0 Å². The summed E-state index contributed by atoms with van der Waals surface area (Å²) >= 11 is 10.6. The van der Waals surface area contributed by atoms with E-state index in [1.54, 1.807) is 24.3 Å². The molecule has 12 aromatic rings. The molecule has 0 aliphatic heterocycles. The quantitative estimate of drug-likeness (QED) is 0.168. The van der Waals surface area contributed by atoms with Gasteiger partial charge in [-0.15, -0.1) is 0 Å². The van der Waals surface area contributed by atoms with Crippen LogP contribution >= 0.6 is 47.8 Å². The fraction of sp³-hybridized carbons (Fsp3) is 0. The van der Waals surface area contributed by atoms with Gasteiger partial charge in [0.1, 0.15) is 44.7 Å². The zero-order chi connectivity index (χ0) is 39.5. The molecule has 0 aliphatic carbocycles. The van der Waals surface area contributed by atoms with Gasteiger partial charge in [0.15, 0.2) is 0 Å². The number of rotatable bonds is 2. The molecule has 0 aliphatic rings. The Bertz CT molecular complexity index is 3390. The molecule has 2 N–H and O–H groups in total. The fourth-order valence-corrected chi connectivity index (χ4v) is 8.53. The minimum atomic E-state index is -1.34. The van der Waals surface area contributed by atoms with Crippen molar-refractivity contribution in [3.8, 4) is 11.1 Å². The van der Waals surface area contributed by atoms with Gasteiger partial charge in [0.05, 0.1) is 0 Å². The monoisotopic (exact) mass is 948 g/mol. The highest BCUT2D eigenvalue weighted by Gasteiger charge is 2.16. The normalized spacial score (nSPS) is 11.5. The molecule has 4 aromatic heterocycles. The van der Waals surface area contributed by atoms with Crippen molar-refractivity contribution in [3.63, 3.8) is 0 Å². The lowest BCUT2D eigenvalue weighted by Crippen LogP contribution is -2.29. The first-order chi connectivity index (χ1) is 28.3. The predicted octanol–water partition coefficient (Wildman–Crippen LogP) is 14.3. The molecule has 0 amide bonds. The van der Waals surface area contributed by atoms with Crippen molar-refractivity contribution in [1.29, 1.82) is 0 Å². The summed E-state index contributed by atoms with van der Waals surface area (Å²) in [6.45, 7) is 0. The van der Waals surface area contributed by atoms with Gasteiger partial charge in [0.25, 0.3) is 0 Å². The second-order valence-electron chi connectivity index (χ2n) is 13.9. The van der Waals surface area contributed by atoms with E-state index in [1.165, 1.54) is 11.1 Å². The highest BCUT2D eigenvalue weighted by Crippen LogP contribution is 2.40. The van der Waals surface area contributed by atoms with Gasteiger partial charge in [-0.1, -0.05) is 115 Å². The fourth-order valence-electron chi connectivity index (χ4n) is 7.45. The number of furan rings is 4. The lowest BCUT2D eigenvalue weighted by molar-refractivity contribution is 0.426. The third-order valence-electron chi connectivity index (χ3n) is 10.2. The van der Waals surface area contributed by atoms with Crippen LogP contribution in [0.25, 0.3) is 98.9 Å². The van der Waals surface area contributed by atoms with Crippen molar-refractivity contribution in [1.82, 2.24) is 0 Å². The molecule has 0 saturated carbocycles. The molecule has 8 aromatic carbocycles. The summed E-state index contributed by atoms with van der Waals surface area (Å²) < 4.78 is 27.1. The van der Waals surface area contributed by atoms with Gasteiger partial charge < -0.3 is 27.7 Å². The number of hydrogen-bond donors (Lipinski definition) is 2. The average molecular weight is 951 g/mol. The third kappa shape index (κ3) is 6.80. The van der Waals surface area contributed by atoms with Crippen molar-refractivity contribution in [3.05, 3.63) is 171 Å². The van der Waals surface area contributed by atoms with Gasteiger partial charge in [-0.05, 0) is 95.5 Å². The van der Waals surface area contributed by atoms with Crippen LogP contribution in [0, 0.1) is 0 Å². The Morgan fingerprint density at radius 2 is 0.655 bits per heavy atom. The summed E-state index contributed by atoms with van der Waals surface area (Å²) in [5.74, 6) is 0. The maximum atomic E-state index is 8.58. The summed E-state index contributed by atoms with van der Waals surface area (Å²) in [4.78, 5) is 0. The lowest BCUT2D eigenvalue weighted by Gasteiger charge is -2.01. The van der Waals surface area contributed by atoms with Crippen LogP contribution in [0.5, 0.6) is 0 Å². The summed E-state index contributed by atoms with van der Waals surface area (Å²) in [7, 11) is -1.34. The molecule has 280 valence electrons. The molecule has 0 fully saturated rings. The van der Waals surface area contributed by atoms with Crippen LogP contribution in [0.1, 0.15) is 0 Å². The molecule has 0 radical (unpaired) electrons. The van der Waals surface area contributed by atoms with Crippen LogP contribution < -0.4 is 5.46 Å². The number of benzene rings is 8. The third-order valence-corrected chi connectivity index (χ3v) is 11.7. The van der Waals surface area contributed by atoms with Gasteiger partial charge in [-0.2, -0.15) is 0 Å². The van der Waals surface area contributed by atoms with Gasteiger partial charge in [0.2, 0.25) is 0 Å². The van der Waals surface area contributed by atoms with Crippen molar-refractivity contribution in [2.45, 2.75) is 0 Å². The number of halogens is 3. The van der Waals surface area contributed by atoms with Crippen LogP contribution in [0.3, 0.4) is 0 Å². The smallest absolute Gasteiger partial charge is 0.456 e. The largest absolute Gasteiger partial charge is 0.488 e. The Labute approximate surface area is 355 Å². The summed E-state index contributed by atoms with van der Waals surface area (Å²) in [6.07, 6.45) is 0.